The molecular weight excluding hydrogens is 488 g/mol. The van der Waals surface area contributed by atoms with E-state index in [-0.39, 0.29) is 12.5 Å². The van der Waals surface area contributed by atoms with E-state index in [4.69, 9.17) is 25.8 Å². The van der Waals surface area contributed by atoms with Crippen molar-refractivity contribution in [2.45, 2.75) is 0 Å². The van der Waals surface area contributed by atoms with Crippen LogP contribution in [0.5, 0.6) is 17.2 Å². The van der Waals surface area contributed by atoms with Crippen LogP contribution < -0.4 is 19.6 Å². The molecule has 0 aliphatic carbocycles. The molecule has 3 aromatic carbocycles. The van der Waals surface area contributed by atoms with Crippen LogP contribution in [0.15, 0.2) is 70.2 Å². The number of nitrogens with zero attached hydrogens (tertiary/aromatic N) is 1. The van der Waals surface area contributed by atoms with Gasteiger partial charge in [0.2, 0.25) is 6.79 Å². The second kappa shape index (κ2) is 9.20. The van der Waals surface area contributed by atoms with Crippen LogP contribution in [0.2, 0.25) is 5.02 Å². The maximum atomic E-state index is 12.4. The number of fused-ring (bicyclic) bond motifs is 1. The van der Waals surface area contributed by atoms with Gasteiger partial charge >= 0.3 is 5.97 Å². The maximum Gasteiger partial charge on any atom is 0.343 e. The summed E-state index contributed by atoms with van der Waals surface area (Å²) in [4.78, 5) is 24.8. The summed E-state index contributed by atoms with van der Waals surface area (Å²) in [6.07, 6.45) is 1.39. The molecule has 31 heavy (non-hydrogen) atoms. The molecule has 0 saturated carbocycles. The number of rotatable bonds is 5. The minimum atomic E-state index is -0.543. The van der Waals surface area contributed by atoms with E-state index in [2.05, 4.69) is 26.5 Å². The van der Waals surface area contributed by atoms with Crippen molar-refractivity contribution >= 4 is 45.6 Å². The summed E-state index contributed by atoms with van der Waals surface area (Å²) < 4.78 is 16.7. The number of hydrazone groups is 1. The normalized spacial score (nSPS) is 12.1. The van der Waals surface area contributed by atoms with Crippen molar-refractivity contribution in [2.75, 3.05) is 6.79 Å². The van der Waals surface area contributed by atoms with E-state index in [0.29, 0.717) is 33.2 Å². The van der Waals surface area contributed by atoms with E-state index in [0.717, 1.165) is 4.47 Å². The third-order valence-corrected chi connectivity index (χ3v) is 5.00. The van der Waals surface area contributed by atoms with Gasteiger partial charge in [0.1, 0.15) is 5.75 Å². The molecule has 4 rings (SSSR count). The number of hydrogen-bond acceptors (Lipinski definition) is 6. The fourth-order valence-corrected chi connectivity index (χ4v) is 3.23. The van der Waals surface area contributed by atoms with Gasteiger partial charge in [0.05, 0.1) is 11.8 Å². The highest BCUT2D eigenvalue weighted by Gasteiger charge is 2.16. The van der Waals surface area contributed by atoms with Crippen LogP contribution in [0.3, 0.4) is 0 Å². The molecule has 3 aromatic rings. The van der Waals surface area contributed by atoms with Gasteiger partial charge in [0.15, 0.2) is 11.5 Å². The van der Waals surface area contributed by atoms with Crippen LogP contribution in [0.4, 0.5) is 0 Å². The first kappa shape index (κ1) is 20.9. The average Bonchev–Trinajstić information content (AvgIpc) is 3.23. The molecular formula is C22H14BrClN2O5. The first-order chi connectivity index (χ1) is 15.0. The first-order valence-electron chi connectivity index (χ1n) is 9.00. The van der Waals surface area contributed by atoms with Gasteiger partial charge in [-0.1, -0.05) is 27.5 Å². The highest BCUT2D eigenvalue weighted by Crippen LogP contribution is 2.32. The monoisotopic (exact) mass is 500 g/mol. The number of benzene rings is 3. The molecule has 1 aliphatic heterocycles. The summed E-state index contributed by atoms with van der Waals surface area (Å²) in [6, 6.07) is 16.3. The number of hydrogen-bond donors (Lipinski definition) is 1. The van der Waals surface area contributed by atoms with Crippen molar-refractivity contribution in [3.63, 3.8) is 0 Å². The fourth-order valence-electron chi connectivity index (χ4n) is 2.72. The predicted molar refractivity (Wildman–Crippen MR) is 118 cm³/mol. The lowest BCUT2D eigenvalue weighted by molar-refractivity contribution is 0.0734. The Hall–Kier alpha value is -3.36. The highest BCUT2D eigenvalue weighted by molar-refractivity contribution is 9.10. The van der Waals surface area contributed by atoms with Crippen LogP contribution in [0.1, 0.15) is 26.3 Å². The molecule has 0 radical (unpaired) electrons. The van der Waals surface area contributed by atoms with Crippen molar-refractivity contribution < 1.29 is 23.8 Å². The minimum Gasteiger partial charge on any atom is -0.454 e. The Kier molecular flexibility index (Phi) is 6.20. The Bertz CT molecular complexity index is 1180. The van der Waals surface area contributed by atoms with Gasteiger partial charge in [-0.3, -0.25) is 4.79 Å². The molecule has 1 amide bonds. The SMILES string of the molecule is O=C(NN=Cc1cc(Br)ccc1OC(=O)c1ccc(Cl)cc1)c1ccc2c(c1)OCO2. The van der Waals surface area contributed by atoms with Gasteiger partial charge < -0.3 is 14.2 Å². The lowest BCUT2D eigenvalue weighted by Crippen LogP contribution is -2.17. The number of nitrogens with one attached hydrogen (secondary N) is 1. The molecule has 0 bridgehead atoms. The highest BCUT2D eigenvalue weighted by atomic mass is 79.9. The molecule has 0 saturated heterocycles. The molecule has 0 unspecified atom stereocenters. The Labute approximate surface area is 190 Å². The first-order valence-corrected chi connectivity index (χ1v) is 10.2. The van der Waals surface area contributed by atoms with E-state index in [1.165, 1.54) is 6.21 Å². The van der Waals surface area contributed by atoms with Crippen molar-refractivity contribution in [3.05, 3.63) is 86.8 Å². The Balaban J connectivity index is 1.47. The second-order valence-corrected chi connectivity index (χ2v) is 7.70. The van der Waals surface area contributed by atoms with Crippen molar-refractivity contribution in [1.29, 1.82) is 0 Å². The number of halogens is 2. The summed E-state index contributed by atoms with van der Waals surface area (Å²) in [5, 5.41) is 4.50. The average molecular weight is 502 g/mol. The van der Waals surface area contributed by atoms with Crippen molar-refractivity contribution in [1.82, 2.24) is 5.43 Å². The molecule has 0 spiro atoms. The van der Waals surface area contributed by atoms with Crippen LogP contribution in [-0.2, 0) is 0 Å². The van der Waals surface area contributed by atoms with Gasteiger partial charge in [-0.05, 0) is 60.7 Å². The van der Waals surface area contributed by atoms with Gasteiger partial charge in [0, 0.05) is 20.6 Å². The van der Waals surface area contributed by atoms with Crippen LogP contribution in [0.25, 0.3) is 0 Å². The second-order valence-electron chi connectivity index (χ2n) is 6.35. The molecule has 1 N–H and O–H groups in total. The maximum absolute atomic E-state index is 12.4. The molecule has 0 aromatic heterocycles. The molecule has 1 heterocycles. The number of ether oxygens (including phenoxy) is 3. The Morgan fingerprint density at radius 1 is 1.00 bits per heavy atom. The van der Waals surface area contributed by atoms with E-state index in [1.54, 1.807) is 60.7 Å². The van der Waals surface area contributed by atoms with Crippen molar-refractivity contribution in [3.8, 4) is 17.2 Å². The topological polar surface area (TPSA) is 86.2 Å². The van der Waals surface area contributed by atoms with Crippen LogP contribution >= 0.6 is 27.5 Å². The quantitative estimate of drug-likeness (QED) is 0.235. The summed E-state index contributed by atoms with van der Waals surface area (Å²) in [7, 11) is 0. The number of carbonyl (C=O) groups is 2. The zero-order chi connectivity index (χ0) is 21.8. The minimum absolute atomic E-state index is 0.124. The van der Waals surface area contributed by atoms with E-state index in [9.17, 15) is 9.59 Å². The molecule has 0 atom stereocenters. The molecule has 1 aliphatic rings. The largest absolute Gasteiger partial charge is 0.454 e. The third kappa shape index (κ3) is 5.04. The van der Waals surface area contributed by atoms with E-state index >= 15 is 0 Å². The zero-order valence-corrected chi connectivity index (χ0v) is 18.1. The number of carbonyl (C=O) groups excluding carboxylic acids is 2. The Morgan fingerprint density at radius 3 is 2.55 bits per heavy atom. The van der Waals surface area contributed by atoms with Crippen LogP contribution in [-0.4, -0.2) is 24.9 Å². The fraction of sp³-hybridized carbons (Fsp3) is 0.0455. The lowest BCUT2D eigenvalue weighted by atomic mass is 10.2. The number of esters is 1. The summed E-state index contributed by atoms with van der Waals surface area (Å²) in [5.74, 6) is 0.396. The lowest BCUT2D eigenvalue weighted by Gasteiger charge is -2.08. The smallest absolute Gasteiger partial charge is 0.343 e. The van der Waals surface area contributed by atoms with Crippen LogP contribution in [0, 0.1) is 0 Å². The predicted octanol–water partition coefficient (Wildman–Crippen LogP) is 4.81. The van der Waals surface area contributed by atoms with Gasteiger partial charge in [0.25, 0.3) is 5.91 Å². The molecule has 0 fully saturated rings. The molecule has 7 nitrogen and oxygen atoms in total. The third-order valence-electron chi connectivity index (χ3n) is 4.26. The van der Waals surface area contributed by atoms with Gasteiger partial charge in [-0.15, -0.1) is 0 Å². The van der Waals surface area contributed by atoms with Crippen molar-refractivity contribution in [2.24, 2.45) is 5.10 Å². The molecule has 156 valence electrons. The summed E-state index contributed by atoms with van der Waals surface area (Å²) >= 11 is 9.22. The van der Waals surface area contributed by atoms with E-state index < -0.39 is 11.9 Å². The van der Waals surface area contributed by atoms with Gasteiger partial charge in [-0.25, -0.2) is 10.2 Å². The summed E-state index contributed by atoms with van der Waals surface area (Å²) in [5.41, 5.74) is 3.65. The Morgan fingerprint density at radius 2 is 1.74 bits per heavy atom. The number of amides is 1. The summed E-state index contributed by atoms with van der Waals surface area (Å²) in [6.45, 7) is 0.124. The zero-order valence-electron chi connectivity index (χ0n) is 15.8. The standard InChI is InChI=1S/C22H14BrClN2O5/c23-16-4-8-18(31-22(28)13-1-5-17(24)6-2-13)15(9-16)11-25-26-21(27)14-3-7-19-20(10-14)30-12-29-19/h1-11H,12H2,(H,26,27). The van der Waals surface area contributed by atoms with Gasteiger partial charge in [-0.2, -0.15) is 5.10 Å². The van der Waals surface area contributed by atoms with E-state index in [1.807, 2.05) is 0 Å². The molecule has 9 heteroatoms.